The first-order valence-corrected chi connectivity index (χ1v) is 11.6. The SMILES string of the molecule is Cc1ccc(C(=O)N2CCCC(C(=O)N(C)C)(c3ccccn3)C2)cc1NCc1cccnc1. The van der Waals surface area contributed by atoms with Crippen LogP contribution in [-0.4, -0.2) is 58.8 Å². The number of benzene rings is 1. The maximum atomic E-state index is 13.6. The molecule has 1 saturated heterocycles. The molecular weight excluding hydrogens is 426 g/mol. The predicted molar refractivity (Wildman–Crippen MR) is 132 cm³/mol. The molecular formula is C27H31N5O2. The van der Waals surface area contributed by atoms with Gasteiger partial charge in [-0.05, 0) is 61.2 Å². The number of amides is 2. The molecule has 2 amide bonds. The van der Waals surface area contributed by atoms with Crippen LogP contribution in [0, 0.1) is 6.92 Å². The van der Waals surface area contributed by atoms with Gasteiger partial charge >= 0.3 is 0 Å². The zero-order chi connectivity index (χ0) is 24.1. The summed E-state index contributed by atoms with van der Waals surface area (Å²) in [4.78, 5) is 39.1. The topological polar surface area (TPSA) is 78.4 Å². The van der Waals surface area contributed by atoms with E-state index in [-0.39, 0.29) is 11.8 Å². The number of aryl methyl sites for hydroxylation is 1. The van der Waals surface area contributed by atoms with Gasteiger partial charge in [0, 0.05) is 63.6 Å². The van der Waals surface area contributed by atoms with E-state index in [4.69, 9.17) is 0 Å². The monoisotopic (exact) mass is 457 g/mol. The minimum absolute atomic E-state index is 0.0218. The molecule has 1 fully saturated rings. The highest BCUT2D eigenvalue weighted by atomic mass is 16.2. The molecule has 0 bridgehead atoms. The third-order valence-electron chi connectivity index (χ3n) is 6.44. The molecule has 1 aromatic carbocycles. The van der Waals surface area contributed by atoms with Gasteiger partial charge in [-0.1, -0.05) is 18.2 Å². The highest BCUT2D eigenvalue weighted by Gasteiger charge is 2.46. The second-order valence-corrected chi connectivity index (χ2v) is 9.07. The first-order chi connectivity index (χ1) is 16.4. The number of pyridine rings is 2. The lowest BCUT2D eigenvalue weighted by molar-refractivity contribution is -0.136. The molecule has 3 aromatic rings. The lowest BCUT2D eigenvalue weighted by Gasteiger charge is -2.42. The molecule has 34 heavy (non-hydrogen) atoms. The number of hydrogen-bond donors (Lipinski definition) is 1. The fourth-order valence-electron chi connectivity index (χ4n) is 4.62. The van der Waals surface area contributed by atoms with Crippen LogP contribution in [0.4, 0.5) is 5.69 Å². The Morgan fingerprint density at radius 1 is 1.12 bits per heavy atom. The van der Waals surface area contributed by atoms with E-state index in [0.29, 0.717) is 37.3 Å². The van der Waals surface area contributed by atoms with Crippen molar-refractivity contribution in [3.05, 3.63) is 89.5 Å². The minimum atomic E-state index is -0.843. The van der Waals surface area contributed by atoms with Gasteiger partial charge < -0.3 is 15.1 Å². The standard InChI is InChI=1S/C27H31N5O2/c1-20-10-11-22(16-23(20)30-18-21-8-6-13-28-17-21)25(33)32-15-7-12-27(19-32,26(34)31(2)3)24-9-4-5-14-29-24/h4-6,8-11,13-14,16-17,30H,7,12,15,18-19H2,1-3H3. The number of rotatable bonds is 6. The number of anilines is 1. The molecule has 1 atom stereocenters. The normalized spacial score (nSPS) is 17.8. The molecule has 1 aliphatic heterocycles. The van der Waals surface area contributed by atoms with Crippen LogP contribution in [0.15, 0.2) is 67.1 Å². The molecule has 0 saturated carbocycles. The Labute approximate surface area is 200 Å². The third kappa shape index (κ3) is 4.78. The van der Waals surface area contributed by atoms with Crippen molar-refractivity contribution in [2.24, 2.45) is 0 Å². The number of carbonyl (C=O) groups is 2. The second-order valence-electron chi connectivity index (χ2n) is 9.07. The molecule has 1 aliphatic rings. The summed E-state index contributed by atoms with van der Waals surface area (Å²) in [5.74, 6) is -0.0950. The summed E-state index contributed by atoms with van der Waals surface area (Å²) in [6.07, 6.45) is 6.68. The molecule has 4 rings (SSSR count). The van der Waals surface area contributed by atoms with Crippen molar-refractivity contribution < 1.29 is 9.59 Å². The van der Waals surface area contributed by atoms with Gasteiger partial charge in [0.25, 0.3) is 5.91 Å². The van der Waals surface area contributed by atoms with Crippen molar-refractivity contribution in [3.63, 3.8) is 0 Å². The van der Waals surface area contributed by atoms with Crippen LogP contribution in [0.25, 0.3) is 0 Å². The van der Waals surface area contributed by atoms with E-state index in [1.54, 1.807) is 36.3 Å². The lowest BCUT2D eigenvalue weighted by Crippen LogP contribution is -2.56. The molecule has 1 unspecified atom stereocenters. The highest BCUT2D eigenvalue weighted by molar-refractivity contribution is 5.96. The van der Waals surface area contributed by atoms with Crippen LogP contribution in [-0.2, 0) is 16.8 Å². The van der Waals surface area contributed by atoms with E-state index < -0.39 is 5.41 Å². The Kier molecular flexibility index (Phi) is 6.91. The number of hydrogen-bond acceptors (Lipinski definition) is 5. The number of piperidine rings is 1. The van der Waals surface area contributed by atoms with Crippen molar-refractivity contribution in [1.82, 2.24) is 19.8 Å². The van der Waals surface area contributed by atoms with Gasteiger partial charge in [0.2, 0.25) is 5.91 Å². The molecule has 1 N–H and O–H groups in total. The molecule has 3 heterocycles. The van der Waals surface area contributed by atoms with Gasteiger partial charge in [-0.25, -0.2) is 0 Å². The Hall–Kier alpha value is -3.74. The van der Waals surface area contributed by atoms with Crippen molar-refractivity contribution in [3.8, 4) is 0 Å². The molecule has 176 valence electrons. The van der Waals surface area contributed by atoms with Crippen molar-refractivity contribution in [2.45, 2.75) is 31.7 Å². The van der Waals surface area contributed by atoms with Gasteiger partial charge in [-0.15, -0.1) is 0 Å². The quantitative estimate of drug-likeness (QED) is 0.611. The fraction of sp³-hybridized carbons (Fsp3) is 0.333. The molecule has 0 radical (unpaired) electrons. The van der Waals surface area contributed by atoms with E-state index >= 15 is 0 Å². The summed E-state index contributed by atoms with van der Waals surface area (Å²) in [6.45, 7) is 3.56. The van der Waals surface area contributed by atoms with Crippen molar-refractivity contribution >= 4 is 17.5 Å². The van der Waals surface area contributed by atoms with E-state index in [2.05, 4.69) is 15.3 Å². The van der Waals surface area contributed by atoms with Crippen LogP contribution in [0.3, 0.4) is 0 Å². The van der Waals surface area contributed by atoms with Gasteiger partial charge in [-0.2, -0.15) is 0 Å². The second kappa shape index (κ2) is 10.0. The van der Waals surface area contributed by atoms with Crippen LogP contribution < -0.4 is 5.32 Å². The average Bonchev–Trinajstić information content (AvgIpc) is 2.88. The zero-order valence-corrected chi connectivity index (χ0v) is 20.0. The molecule has 7 heteroatoms. The fourth-order valence-corrected chi connectivity index (χ4v) is 4.62. The third-order valence-corrected chi connectivity index (χ3v) is 6.44. The highest BCUT2D eigenvalue weighted by Crippen LogP contribution is 2.35. The van der Waals surface area contributed by atoms with Crippen LogP contribution in [0.2, 0.25) is 0 Å². The Morgan fingerprint density at radius 3 is 2.68 bits per heavy atom. The number of likely N-dealkylation sites (N-methyl/N-ethyl adjacent to an activating group) is 1. The average molecular weight is 458 g/mol. The van der Waals surface area contributed by atoms with Crippen LogP contribution >= 0.6 is 0 Å². The molecule has 0 aliphatic carbocycles. The number of aromatic nitrogens is 2. The van der Waals surface area contributed by atoms with Gasteiger partial charge in [-0.3, -0.25) is 19.6 Å². The predicted octanol–water partition coefficient (Wildman–Crippen LogP) is 3.66. The number of nitrogens with zero attached hydrogens (tertiary/aromatic N) is 4. The largest absolute Gasteiger partial charge is 0.381 e. The van der Waals surface area contributed by atoms with E-state index in [9.17, 15) is 9.59 Å². The minimum Gasteiger partial charge on any atom is -0.381 e. The first-order valence-electron chi connectivity index (χ1n) is 11.6. The molecule has 7 nitrogen and oxygen atoms in total. The maximum Gasteiger partial charge on any atom is 0.253 e. The lowest BCUT2D eigenvalue weighted by atomic mass is 9.75. The van der Waals surface area contributed by atoms with Crippen molar-refractivity contribution in [2.75, 3.05) is 32.5 Å². The van der Waals surface area contributed by atoms with E-state index in [0.717, 1.165) is 23.2 Å². The molecule has 2 aromatic heterocycles. The Balaban J connectivity index is 1.58. The van der Waals surface area contributed by atoms with Crippen LogP contribution in [0.5, 0.6) is 0 Å². The summed E-state index contributed by atoms with van der Waals surface area (Å²) in [6, 6.07) is 15.3. The van der Waals surface area contributed by atoms with Gasteiger partial charge in [0.15, 0.2) is 0 Å². The molecule has 0 spiro atoms. The van der Waals surface area contributed by atoms with Crippen LogP contribution in [0.1, 0.15) is 40.0 Å². The number of likely N-dealkylation sites (tertiary alicyclic amines) is 1. The summed E-state index contributed by atoms with van der Waals surface area (Å²) >= 11 is 0. The Morgan fingerprint density at radius 2 is 1.97 bits per heavy atom. The number of carbonyl (C=O) groups excluding carboxylic acids is 2. The van der Waals surface area contributed by atoms with Gasteiger partial charge in [0.1, 0.15) is 5.41 Å². The smallest absolute Gasteiger partial charge is 0.253 e. The zero-order valence-electron chi connectivity index (χ0n) is 20.0. The van der Waals surface area contributed by atoms with E-state index in [1.165, 1.54) is 0 Å². The number of nitrogens with one attached hydrogen (secondary N) is 1. The first kappa shape index (κ1) is 23.4. The Bertz CT molecular complexity index is 1150. The summed E-state index contributed by atoms with van der Waals surface area (Å²) in [5.41, 5.74) is 3.52. The van der Waals surface area contributed by atoms with E-state index in [1.807, 2.05) is 61.7 Å². The summed E-state index contributed by atoms with van der Waals surface area (Å²) in [7, 11) is 3.52. The van der Waals surface area contributed by atoms with Gasteiger partial charge in [0.05, 0.1) is 5.69 Å². The summed E-state index contributed by atoms with van der Waals surface area (Å²) in [5, 5.41) is 3.42. The maximum absolute atomic E-state index is 13.6. The summed E-state index contributed by atoms with van der Waals surface area (Å²) < 4.78 is 0. The van der Waals surface area contributed by atoms with Crippen molar-refractivity contribution in [1.29, 1.82) is 0 Å².